The molecule has 0 spiro atoms. The van der Waals surface area contributed by atoms with Crippen molar-refractivity contribution >= 4 is 15.9 Å². The summed E-state index contributed by atoms with van der Waals surface area (Å²) < 4.78 is 44.2. The number of rotatable bonds is 3. The van der Waals surface area contributed by atoms with Gasteiger partial charge in [-0.3, -0.25) is 0 Å². The van der Waals surface area contributed by atoms with Gasteiger partial charge in [0.1, 0.15) is 11.5 Å². The van der Waals surface area contributed by atoms with E-state index in [2.05, 4.69) is 15.9 Å². The van der Waals surface area contributed by atoms with E-state index in [0.717, 1.165) is 12.1 Å². The second-order valence-corrected chi connectivity index (χ2v) is 5.59. The Kier molecular flexibility index (Phi) is 4.25. The van der Waals surface area contributed by atoms with Crippen molar-refractivity contribution in [1.82, 2.24) is 0 Å². The second-order valence-electron chi connectivity index (χ2n) is 4.67. The smallest absolute Gasteiger partial charge is 0.416 e. The van der Waals surface area contributed by atoms with Crippen molar-refractivity contribution < 1.29 is 17.6 Å². The largest absolute Gasteiger partial charge is 0.461 e. The van der Waals surface area contributed by atoms with Crippen LogP contribution in [0.2, 0.25) is 0 Å². The molecular formula is C14H13BrF3NO. The van der Waals surface area contributed by atoms with Gasteiger partial charge in [-0.2, -0.15) is 13.2 Å². The molecule has 0 saturated carbocycles. The third-order valence-electron chi connectivity index (χ3n) is 2.69. The minimum atomic E-state index is -4.39. The molecule has 1 aromatic heterocycles. The first-order chi connectivity index (χ1) is 9.25. The molecule has 0 aliphatic carbocycles. The average Bonchev–Trinajstić information content (AvgIpc) is 2.74. The summed E-state index contributed by atoms with van der Waals surface area (Å²) in [5.41, 5.74) is 5.32. The number of hydrogen-bond donors (Lipinski definition) is 1. The van der Waals surface area contributed by atoms with Crippen LogP contribution >= 0.6 is 15.9 Å². The zero-order chi connectivity index (χ0) is 14.9. The predicted octanol–water partition coefficient (Wildman–Crippen LogP) is 4.62. The fraction of sp³-hybridized carbons (Fsp3) is 0.286. The Morgan fingerprint density at radius 2 is 1.95 bits per heavy atom. The Bertz CT molecular complexity index is 605. The van der Waals surface area contributed by atoms with Crippen LogP contribution in [-0.2, 0) is 12.6 Å². The summed E-state index contributed by atoms with van der Waals surface area (Å²) in [6, 6.07) is 7.01. The second kappa shape index (κ2) is 5.61. The molecule has 0 amide bonds. The number of halogens is 4. The molecule has 1 unspecified atom stereocenters. The lowest BCUT2D eigenvalue weighted by atomic mass is 10.1. The number of nitrogens with two attached hydrogens (primary N) is 1. The molecule has 20 heavy (non-hydrogen) atoms. The Hall–Kier alpha value is -1.27. The van der Waals surface area contributed by atoms with E-state index in [-0.39, 0.29) is 6.04 Å². The zero-order valence-electron chi connectivity index (χ0n) is 10.7. The first kappa shape index (κ1) is 15.1. The molecule has 2 rings (SSSR count). The fourth-order valence-electron chi connectivity index (χ4n) is 1.86. The average molecular weight is 348 g/mol. The van der Waals surface area contributed by atoms with Crippen molar-refractivity contribution in [3.05, 3.63) is 46.1 Å². The van der Waals surface area contributed by atoms with Crippen LogP contribution < -0.4 is 5.73 Å². The molecule has 0 bridgehead atoms. The maximum Gasteiger partial charge on any atom is 0.416 e. The van der Waals surface area contributed by atoms with Crippen LogP contribution in [0.4, 0.5) is 13.2 Å². The van der Waals surface area contributed by atoms with Crippen LogP contribution in [0, 0.1) is 0 Å². The van der Waals surface area contributed by atoms with E-state index in [1.165, 1.54) is 0 Å². The van der Waals surface area contributed by atoms with E-state index < -0.39 is 11.7 Å². The van der Waals surface area contributed by atoms with Gasteiger partial charge in [-0.1, -0.05) is 15.9 Å². The summed E-state index contributed by atoms with van der Waals surface area (Å²) in [6.07, 6.45) is -3.85. The van der Waals surface area contributed by atoms with Gasteiger partial charge in [-0.25, -0.2) is 0 Å². The van der Waals surface area contributed by atoms with Crippen molar-refractivity contribution in [3.8, 4) is 11.3 Å². The van der Waals surface area contributed by atoms with Crippen molar-refractivity contribution in [1.29, 1.82) is 0 Å². The topological polar surface area (TPSA) is 39.2 Å². The molecular weight excluding hydrogens is 335 g/mol. The van der Waals surface area contributed by atoms with Crippen LogP contribution in [0.15, 0.2) is 39.2 Å². The highest BCUT2D eigenvalue weighted by Crippen LogP contribution is 2.35. The maximum atomic E-state index is 12.8. The molecule has 0 saturated heterocycles. The van der Waals surface area contributed by atoms with Gasteiger partial charge in [-0.05, 0) is 37.3 Å². The van der Waals surface area contributed by atoms with Crippen LogP contribution in [0.1, 0.15) is 18.2 Å². The van der Waals surface area contributed by atoms with Gasteiger partial charge in [0.05, 0.1) is 5.56 Å². The molecule has 0 aliphatic rings. The van der Waals surface area contributed by atoms with E-state index in [4.69, 9.17) is 10.2 Å². The van der Waals surface area contributed by atoms with Gasteiger partial charge in [-0.15, -0.1) is 0 Å². The number of benzene rings is 1. The zero-order valence-corrected chi connectivity index (χ0v) is 12.3. The van der Waals surface area contributed by atoms with Crippen LogP contribution in [0.25, 0.3) is 11.3 Å². The molecule has 108 valence electrons. The Labute approximate surface area is 122 Å². The molecule has 1 aromatic carbocycles. The summed E-state index contributed by atoms with van der Waals surface area (Å²) in [4.78, 5) is 0. The van der Waals surface area contributed by atoms with Gasteiger partial charge in [0.25, 0.3) is 0 Å². The lowest BCUT2D eigenvalue weighted by Gasteiger charge is -2.09. The van der Waals surface area contributed by atoms with Crippen LogP contribution in [-0.4, -0.2) is 6.04 Å². The Morgan fingerprint density at radius 1 is 1.25 bits per heavy atom. The number of furan rings is 1. The monoisotopic (exact) mass is 347 g/mol. The number of hydrogen-bond acceptors (Lipinski definition) is 2. The quantitative estimate of drug-likeness (QED) is 0.879. The molecule has 2 nitrogen and oxygen atoms in total. The van der Waals surface area contributed by atoms with Gasteiger partial charge in [0.2, 0.25) is 0 Å². The molecule has 0 fully saturated rings. The first-order valence-corrected chi connectivity index (χ1v) is 6.77. The molecule has 6 heteroatoms. The highest BCUT2D eigenvalue weighted by Gasteiger charge is 2.31. The van der Waals surface area contributed by atoms with Crippen molar-refractivity contribution in [2.75, 3.05) is 0 Å². The first-order valence-electron chi connectivity index (χ1n) is 5.98. The van der Waals surface area contributed by atoms with Gasteiger partial charge in [0, 0.05) is 22.5 Å². The molecule has 0 radical (unpaired) electrons. The van der Waals surface area contributed by atoms with Crippen molar-refractivity contribution in [2.45, 2.75) is 25.6 Å². The van der Waals surface area contributed by atoms with E-state index in [1.807, 2.05) is 6.92 Å². The fourth-order valence-corrected chi connectivity index (χ4v) is 2.35. The highest BCUT2D eigenvalue weighted by molar-refractivity contribution is 9.10. The van der Waals surface area contributed by atoms with E-state index in [0.29, 0.717) is 28.0 Å². The van der Waals surface area contributed by atoms with Crippen LogP contribution in [0.3, 0.4) is 0 Å². The van der Waals surface area contributed by atoms with Gasteiger partial charge in [0.15, 0.2) is 0 Å². The summed E-state index contributed by atoms with van der Waals surface area (Å²) in [5, 5.41) is 0. The van der Waals surface area contributed by atoms with E-state index >= 15 is 0 Å². The highest BCUT2D eigenvalue weighted by atomic mass is 79.9. The molecule has 0 aliphatic heterocycles. The van der Waals surface area contributed by atoms with Crippen LogP contribution in [0.5, 0.6) is 0 Å². The minimum Gasteiger partial charge on any atom is -0.461 e. The van der Waals surface area contributed by atoms with Crippen molar-refractivity contribution in [3.63, 3.8) is 0 Å². The molecule has 1 atom stereocenters. The summed E-state index contributed by atoms with van der Waals surface area (Å²) in [7, 11) is 0. The summed E-state index contributed by atoms with van der Waals surface area (Å²) in [6.45, 7) is 1.84. The summed E-state index contributed by atoms with van der Waals surface area (Å²) in [5.74, 6) is 1.05. The SMILES string of the molecule is CC(N)Cc1ccc(-c2cc(Br)cc(C(F)(F)F)c2)o1. The lowest BCUT2D eigenvalue weighted by Crippen LogP contribution is -2.17. The normalized spacial score (nSPS) is 13.5. The predicted molar refractivity (Wildman–Crippen MR) is 74.2 cm³/mol. The van der Waals surface area contributed by atoms with Gasteiger partial charge >= 0.3 is 6.18 Å². The Balaban J connectivity index is 2.37. The van der Waals surface area contributed by atoms with E-state index in [9.17, 15) is 13.2 Å². The molecule has 2 N–H and O–H groups in total. The third-order valence-corrected chi connectivity index (χ3v) is 3.15. The van der Waals surface area contributed by atoms with Crippen molar-refractivity contribution in [2.24, 2.45) is 5.73 Å². The van der Waals surface area contributed by atoms with Gasteiger partial charge < -0.3 is 10.2 Å². The number of alkyl halides is 3. The lowest BCUT2D eigenvalue weighted by molar-refractivity contribution is -0.137. The maximum absolute atomic E-state index is 12.8. The van der Waals surface area contributed by atoms with E-state index in [1.54, 1.807) is 18.2 Å². The third kappa shape index (κ3) is 3.64. The Morgan fingerprint density at radius 3 is 2.55 bits per heavy atom. The standard InChI is InChI=1S/C14H13BrF3NO/c1-8(19)4-12-2-3-13(20-12)9-5-10(14(16,17)18)7-11(15)6-9/h2-3,5-8H,4,19H2,1H3. The molecule has 1 heterocycles. The summed E-state index contributed by atoms with van der Waals surface area (Å²) >= 11 is 3.09. The molecule has 2 aromatic rings. The minimum absolute atomic E-state index is 0.0674.